The zero-order valence-electron chi connectivity index (χ0n) is 15.4. The Hall–Kier alpha value is -2.21. The number of benzene rings is 2. The van der Waals surface area contributed by atoms with Crippen molar-refractivity contribution in [3.05, 3.63) is 64.7 Å². The standard InChI is InChI=1S/C21H23ClN4O/c1-2-23-20-21(26-10-12-27-13-11-26)25-19(15-6-4-3-5-7-15)17-14-16(22)8-9-18(17)24-20/h3-9,14,21H,2,10-13H2,1H3,(H,23,24). The van der Waals surface area contributed by atoms with E-state index in [1.165, 1.54) is 0 Å². The lowest BCUT2D eigenvalue weighted by atomic mass is 10.0. The molecule has 4 rings (SSSR count). The first-order valence-corrected chi connectivity index (χ1v) is 9.70. The number of morpholine rings is 1. The molecule has 2 aliphatic rings. The molecule has 2 aliphatic heterocycles. The lowest BCUT2D eigenvalue weighted by Crippen LogP contribution is -2.48. The van der Waals surface area contributed by atoms with Crippen LogP contribution in [0.5, 0.6) is 0 Å². The maximum absolute atomic E-state index is 6.33. The van der Waals surface area contributed by atoms with Gasteiger partial charge in [0.1, 0.15) is 5.84 Å². The normalized spacial score (nSPS) is 21.9. The van der Waals surface area contributed by atoms with Gasteiger partial charge in [-0.25, -0.2) is 0 Å². The Labute approximate surface area is 164 Å². The maximum atomic E-state index is 6.33. The highest BCUT2D eigenvalue weighted by Gasteiger charge is 2.30. The van der Waals surface area contributed by atoms with E-state index in [4.69, 9.17) is 26.3 Å². The average Bonchev–Trinajstić information content (AvgIpc) is 2.86. The Kier molecular flexibility index (Phi) is 5.53. The number of hydrogen-bond acceptors (Lipinski definition) is 4. The van der Waals surface area contributed by atoms with Crippen molar-refractivity contribution in [3.63, 3.8) is 0 Å². The molecule has 6 heteroatoms. The molecule has 140 valence electrons. The van der Waals surface area contributed by atoms with E-state index in [1.807, 2.05) is 43.3 Å². The third kappa shape index (κ3) is 3.90. The lowest BCUT2D eigenvalue weighted by Gasteiger charge is -2.32. The van der Waals surface area contributed by atoms with Gasteiger partial charge in [0.2, 0.25) is 0 Å². The van der Waals surface area contributed by atoms with Crippen molar-refractivity contribution in [2.45, 2.75) is 13.1 Å². The van der Waals surface area contributed by atoms with E-state index in [1.54, 1.807) is 0 Å². The summed E-state index contributed by atoms with van der Waals surface area (Å²) >= 11 is 6.33. The summed E-state index contributed by atoms with van der Waals surface area (Å²) in [6, 6.07) is 16.1. The summed E-state index contributed by atoms with van der Waals surface area (Å²) in [6.07, 6.45) is -0.171. The van der Waals surface area contributed by atoms with Gasteiger partial charge < -0.3 is 10.1 Å². The van der Waals surface area contributed by atoms with E-state index in [0.29, 0.717) is 24.8 Å². The number of anilines is 1. The number of ether oxygens (including phenoxy) is 1. The van der Waals surface area contributed by atoms with E-state index in [2.05, 4.69) is 22.3 Å². The van der Waals surface area contributed by atoms with Crippen LogP contribution in [0.4, 0.5) is 5.69 Å². The van der Waals surface area contributed by atoms with Gasteiger partial charge in [-0.1, -0.05) is 41.9 Å². The molecule has 1 atom stereocenters. The van der Waals surface area contributed by atoms with Crippen molar-refractivity contribution >= 4 is 28.8 Å². The quantitative estimate of drug-likeness (QED) is 0.880. The molecule has 0 saturated carbocycles. The maximum Gasteiger partial charge on any atom is 0.161 e. The van der Waals surface area contributed by atoms with Gasteiger partial charge in [0.05, 0.1) is 18.9 Å². The van der Waals surface area contributed by atoms with Crippen LogP contribution in [0.2, 0.25) is 5.02 Å². The lowest BCUT2D eigenvalue weighted by molar-refractivity contribution is 0.0303. The number of nitrogens with zero attached hydrogens (tertiary/aromatic N) is 3. The molecule has 2 heterocycles. The molecule has 1 N–H and O–H groups in total. The van der Waals surface area contributed by atoms with Crippen molar-refractivity contribution < 1.29 is 4.74 Å². The van der Waals surface area contributed by atoms with Gasteiger partial charge >= 0.3 is 0 Å². The van der Waals surface area contributed by atoms with Crippen molar-refractivity contribution in [1.29, 1.82) is 0 Å². The second-order valence-electron chi connectivity index (χ2n) is 6.54. The summed E-state index contributed by atoms with van der Waals surface area (Å²) in [7, 11) is 0. The highest BCUT2D eigenvalue weighted by Crippen LogP contribution is 2.28. The minimum atomic E-state index is -0.171. The van der Waals surface area contributed by atoms with Crippen LogP contribution >= 0.6 is 11.6 Å². The number of hydrogen-bond donors (Lipinski definition) is 1. The molecule has 1 unspecified atom stereocenters. The minimum Gasteiger partial charge on any atom is -0.379 e. The van der Waals surface area contributed by atoms with E-state index >= 15 is 0 Å². The molecule has 0 radical (unpaired) electrons. The fourth-order valence-electron chi connectivity index (χ4n) is 3.47. The van der Waals surface area contributed by atoms with Crippen LogP contribution < -0.4 is 5.32 Å². The smallest absolute Gasteiger partial charge is 0.161 e. The molecular formula is C21H23ClN4O. The highest BCUT2D eigenvalue weighted by atomic mass is 35.5. The van der Waals surface area contributed by atoms with Crippen LogP contribution in [0.25, 0.3) is 0 Å². The van der Waals surface area contributed by atoms with Crippen molar-refractivity contribution in [1.82, 2.24) is 4.90 Å². The van der Waals surface area contributed by atoms with E-state index in [-0.39, 0.29) is 6.17 Å². The molecule has 0 aliphatic carbocycles. The molecule has 0 spiro atoms. The Morgan fingerprint density at radius 1 is 1.19 bits per heavy atom. The van der Waals surface area contributed by atoms with Crippen molar-refractivity contribution in [2.24, 2.45) is 9.98 Å². The summed E-state index contributed by atoms with van der Waals surface area (Å²) in [5.41, 5.74) is 3.97. The van der Waals surface area contributed by atoms with Gasteiger partial charge in [0.25, 0.3) is 0 Å². The van der Waals surface area contributed by atoms with Crippen molar-refractivity contribution in [2.75, 3.05) is 38.2 Å². The summed E-state index contributed by atoms with van der Waals surface area (Å²) in [4.78, 5) is 12.2. The van der Waals surface area contributed by atoms with Crippen LogP contribution in [-0.2, 0) is 4.74 Å². The Morgan fingerprint density at radius 3 is 2.70 bits per heavy atom. The number of fused-ring (bicyclic) bond motifs is 1. The summed E-state index contributed by atoms with van der Waals surface area (Å²) in [5.74, 6) is 0.869. The number of aliphatic imine (C=N–C) groups is 2. The largest absolute Gasteiger partial charge is 0.379 e. The average molecular weight is 383 g/mol. The van der Waals surface area contributed by atoms with Crippen LogP contribution in [0.15, 0.2) is 58.5 Å². The predicted octanol–water partition coefficient (Wildman–Crippen LogP) is 3.68. The molecule has 27 heavy (non-hydrogen) atoms. The van der Waals surface area contributed by atoms with Gasteiger partial charge in [-0.15, -0.1) is 0 Å². The Balaban J connectivity index is 1.88. The Morgan fingerprint density at radius 2 is 1.96 bits per heavy atom. The second-order valence-corrected chi connectivity index (χ2v) is 6.98. The monoisotopic (exact) mass is 382 g/mol. The topological polar surface area (TPSA) is 49.2 Å². The first-order valence-electron chi connectivity index (χ1n) is 9.32. The van der Waals surface area contributed by atoms with Crippen molar-refractivity contribution in [3.8, 4) is 0 Å². The number of benzodiazepines with no additional fused rings is 1. The van der Waals surface area contributed by atoms with E-state index in [9.17, 15) is 0 Å². The van der Waals surface area contributed by atoms with Gasteiger partial charge in [-0.2, -0.15) is 0 Å². The summed E-state index contributed by atoms with van der Waals surface area (Å²) < 4.78 is 5.54. The molecule has 1 saturated heterocycles. The molecule has 0 aromatic heterocycles. The number of halogens is 1. The van der Waals surface area contributed by atoms with Crippen LogP contribution in [0, 0.1) is 0 Å². The predicted molar refractivity (Wildman–Crippen MR) is 111 cm³/mol. The zero-order chi connectivity index (χ0) is 18.6. The van der Waals surface area contributed by atoms with E-state index in [0.717, 1.165) is 41.5 Å². The molecule has 1 fully saturated rings. The second kappa shape index (κ2) is 8.21. The molecule has 5 nitrogen and oxygen atoms in total. The SMILES string of the molecule is CCN=C1Nc2ccc(Cl)cc2C(c2ccccc2)=NC1N1CCOCC1. The Bertz CT molecular complexity index is 860. The van der Waals surface area contributed by atoms with Gasteiger partial charge in [0, 0.05) is 41.5 Å². The summed E-state index contributed by atoms with van der Waals surface area (Å²) in [5, 5.41) is 4.22. The van der Waals surface area contributed by atoms with Crippen LogP contribution in [-0.4, -0.2) is 55.5 Å². The molecular weight excluding hydrogens is 360 g/mol. The van der Waals surface area contributed by atoms with Gasteiger partial charge in [-0.3, -0.25) is 14.9 Å². The third-order valence-corrected chi connectivity index (χ3v) is 5.00. The van der Waals surface area contributed by atoms with Crippen LogP contribution in [0.3, 0.4) is 0 Å². The molecule has 2 aromatic rings. The fourth-order valence-corrected chi connectivity index (χ4v) is 3.64. The van der Waals surface area contributed by atoms with E-state index < -0.39 is 0 Å². The molecule has 0 amide bonds. The molecule has 2 aromatic carbocycles. The minimum absolute atomic E-state index is 0.171. The zero-order valence-corrected chi connectivity index (χ0v) is 16.1. The van der Waals surface area contributed by atoms with Gasteiger partial charge in [-0.05, 0) is 25.1 Å². The number of rotatable bonds is 3. The first-order chi connectivity index (χ1) is 13.3. The fraction of sp³-hybridized carbons (Fsp3) is 0.333. The number of nitrogens with one attached hydrogen (secondary N) is 1. The molecule has 0 bridgehead atoms. The first kappa shape index (κ1) is 18.2. The van der Waals surface area contributed by atoms with Crippen LogP contribution in [0.1, 0.15) is 18.1 Å². The highest BCUT2D eigenvalue weighted by molar-refractivity contribution is 6.32. The number of amidine groups is 1. The third-order valence-electron chi connectivity index (χ3n) is 4.76. The van der Waals surface area contributed by atoms with Gasteiger partial charge in [0.15, 0.2) is 6.17 Å². The summed E-state index contributed by atoms with van der Waals surface area (Å²) in [6.45, 7) is 5.83.